The normalized spacial score (nSPS) is 16.7. The van der Waals surface area contributed by atoms with Crippen molar-refractivity contribution in [1.29, 1.82) is 0 Å². The zero-order chi connectivity index (χ0) is 14.8. The molecule has 1 fully saturated rings. The van der Waals surface area contributed by atoms with Crippen LogP contribution in [0.4, 0.5) is 0 Å². The first-order chi connectivity index (χ1) is 9.48. The van der Waals surface area contributed by atoms with E-state index in [9.17, 15) is 13.2 Å². The Balaban J connectivity index is 2.45. The lowest BCUT2D eigenvalue weighted by Gasteiger charge is -2.27. The van der Waals surface area contributed by atoms with Crippen molar-refractivity contribution in [1.82, 2.24) is 4.31 Å². The zero-order valence-corrected chi connectivity index (χ0v) is 12.3. The summed E-state index contributed by atoms with van der Waals surface area (Å²) in [5.74, 6) is -1.22. The highest BCUT2D eigenvalue weighted by atomic mass is 32.2. The van der Waals surface area contributed by atoms with Crippen molar-refractivity contribution >= 4 is 16.0 Å². The molecule has 0 atom stereocenters. The second-order valence-electron chi connectivity index (χ2n) is 4.95. The van der Waals surface area contributed by atoms with Gasteiger partial charge in [-0.05, 0) is 25.0 Å². The second kappa shape index (κ2) is 5.93. The average molecular weight is 297 g/mol. The molecule has 1 aliphatic carbocycles. The molecule has 0 spiro atoms. The molecule has 2 rings (SSSR count). The van der Waals surface area contributed by atoms with Gasteiger partial charge in [-0.3, -0.25) is 0 Å². The summed E-state index contributed by atoms with van der Waals surface area (Å²) in [4.78, 5) is 11.1. The molecular formula is C14H19NO4S. The quantitative estimate of drug-likeness (QED) is 0.905. The maximum Gasteiger partial charge on any atom is 0.337 e. The van der Waals surface area contributed by atoms with Crippen LogP contribution in [-0.2, 0) is 10.0 Å². The first-order valence-electron chi connectivity index (χ1n) is 6.82. The van der Waals surface area contributed by atoms with Gasteiger partial charge in [0.25, 0.3) is 0 Å². The highest BCUT2D eigenvalue weighted by Crippen LogP contribution is 2.29. The Morgan fingerprint density at radius 1 is 1.30 bits per heavy atom. The summed E-state index contributed by atoms with van der Waals surface area (Å²) in [6, 6.07) is 5.79. The molecule has 1 aliphatic rings. The number of carbonyl (C=O) groups is 1. The number of nitrogens with zero attached hydrogens (tertiary/aromatic N) is 1. The van der Waals surface area contributed by atoms with Crippen LogP contribution in [0, 0.1) is 0 Å². The molecule has 110 valence electrons. The minimum Gasteiger partial charge on any atom is -0.478 e. The summed E-state index contributed by atoms with van der Waals surface area (Å²) in [6.45, 7) is 2.15. The van der Waals surface area contributed by atoms with Crippen molar-refractivity contribution in [2.24, 2.45) is 0 Å². The van der Waals surface area contributed by atoms with Gasteiger partial charge in [-0.2, -0.15) is 4.31 Å². The van der Waals surface area contributed by atoms with E-state index >= 15 is 0 Å². The van der Waals surface area contributed by atoms with Gasteiger partial charge in [0.1, 0.15) is 0 Å². The molecule has 20 heavy (non-hydrogen) atoms. The fourth-order valence-electron chi connectivity index (χ4n) is 2.81. The smallest absolute Gasteiger partial charge is 0.337 e. The van der Waals surface area contributed by atoms with Crippen LogP contribution >= 0.6 is 0 Å². The van der Waals surface area contributed by atoms with E-state index in [1.807, 2.05) is 0 Å². The van der Waals surface area contributed by atoms with Gasteiger partial charge in [0.15, 0.2) is 0 Å². The van der Waals surface area contributed by atoms with Crippen LogP contribution in [0.15, 0.2) is 29.2 Å². The molecule has 0 heterocycles. The first-order valence-corrected chi connectivity index (χ1v) is 8.26. The van der Waals surface area contributed by atoms with E-state index in [1.54, 1.807) is 13.0 Å². The number of sulfonamides is 1. The van der Waals surface area contributed by atoms with Crippen molar-refractivity contribution in [3.05, 3.63) is 29.8 Å². The molecular weight excluding hydrogens is 278 g/mol. The monoisotopic (exact) mass is 297 g/mol. The molecule has 1 saturated carbocycles. The molecule has 0 bridgehead atoms. The highest BCUT2D eigenvalue weighted by Gasteiger charge is 2.34. The van der Waals surface area contributed by atoms with Crippen LogP contribution in [0.2, 0.25) is 0 Å². The number of hydrogen-bond acceptors (Lipinski definition) is 3. The number of carboxylic acid groups (broad SMARTS) is 1. The lowest BCUT2D eigenvalue weighted by molar-refractivity contribution is 0.0692. The Morgan fingerprint density at radius 3 is 2.45 bits per heavy atom. The van der Waals surface area contributed by atoms with E-state index in [-0.39, 0.29) is 16.5 Å². The molecule has 0 unspecified atom stereocenters. The standard InChI is InChI=1S/C14H19NO4S/c1-2-15(11-7-3-4-8-11)20(18,19)13-10-6-5-9-12(13)14(16)17/h5-6,9-11H,2-4,7-8H2,1H3,(H,16,17). The van der Waals surface area contributed by atoms with Crippen LogP contribution in [0.5, 0.6) is 0 Å². The number of aromatic carboxylic acids is 1. The Bertz CT molecular complexity index is 591. The molecule has 1 aromatic rings. The maximum absolute atomic E-state index is 12.7. The van der Waals surface area contributed by atoms with Crippen LogP contribution < -0.4 is 0 Å². The lowest BCUT2D eigenvalue weighted by atomic mass is 10.2. The summed E-state index contributed by atoms with van der Waals surface area (Å²) in [5.41, 5.74) is -0.163. The number of carboxylic acids is 1. The van der Waals surface area contributed by atoms with Gasteiger partial charge in [0.2, 0.25) is 10.0 Å². The van der Waals surface area contributed by atoms with Crippen LogP contribution in [0.25, 0.3) is 0 Å². The van der Waals surface area contributed by atoms with Gasteiger partial charge in [0.05, 0.1) is 10.5 Å². The largest absolute Gasteiger partial charge is 0.478 e. The molecule has 1 aromatic carbocycles. The van der Waals surface area contributed by atoms with E-state index in [0.29, 0.717) is 6.54 Å². The van der Waals surface area contributed by atoms with Crippen molar-refractivity contribution < 1.29 is 18.3 Å². The number of benzene rings is 1. The van der Waals surface area contributed by atoms with Gasteiger partial charge < -0.3 is 5.11 Å². The zero-order valence-electron chi connectivity index (χ0n) is 11.4. The van der Waals surface area contributed by atoms with Crippen LogP contribution in [-0.4, -0.2) is 36.4 Å². The Hall–Kier alpha value is -1.40. The maximum atomic E-state index is 12.7. The van der Waals surface area contributed by atoms with E-state index in [0.717, 1.165) is 25.7 Å². The predicted octanol–water partition coefficient (Wildman–Crippen LogP) is 2.34. The minimum atomic E-state index is -3.76. The fraction of sp³-hybridized carbons (Fsp3) is 0.500. The van der Waals surface area contributed by atoms with Gasteiger partial charge >= 0.3 is 5.97 Å². The lowest BCUT2D eigenvalue weighted by Crippen LogP contribution is -2.39. The molecule has 0 aliphatic heterocycles. The van der Waals surface area contributed by atoms with E-state index < -0.39 is 16.0 Å². The van der Waals surface area contributed by atoms with Crippen molar-refractivity contribution in [3.63, 3.8) is 0 Å². The fourth-order valence-corrected chi connectivity index (χ4v) is 4.69. The summed E-state index contributed by atoms with van der Waals surface area (Å²) in [6.07, 6.45) is 3.75. The molecule has 5 nitrogen and oxygen atoms in total. The number of rotatable bonds is 5. The molecule has 6 heteroatoms. The molecule has 0 aromatic heterocycles. The Kier molecular flexibility index (Phi) is 4.45. The van der Waals surface area contributed by atoms with E-state index in [1.165, 1.54) is 22.5 Å². The van der Waals surface area contributed by atoms with E-state index in [2.05, 4.69) is 0 Å². The molecule has 1 N–H and O–H groups in total. The highest BCUT2D eigenvalue weighted by molar-refractivity contribution is 7.89. The molecule has 0 saturated heterocycles. The van der Waals surface area contributed by atoms with Crippen molar-refractivity contribution in [2.75, 3.05) is 6.54 Å². The Morgan fingerprint density at radius 2 is 1.90 bits per heavy atom. The van der Waals surface area contributed by atoms with Crippen molar-refractivity contribution in [2.45, 2.75) is 43.5 Å². The van der Waals surface area contributed by atoms with Gasteiger partial charge in [-0.1, -0.05) is 31.9 Å². The first kappa shape index (κ1) is 15.0. The van der Waals surface area contributed by atoms with Crippen LogP contribution in [0.1, 0.15) is 43.0 Å². The SMILES string of the molecule is CCN(C1CCCC1)S(=O)(=O)c1ccccc1C(=O)O. The molecule has 0 amide bonds. The summed E-state index contributed by atoms with van der Waals surface area (Å²) in [5, 5.41) is 9.17. The summed E-state index contributed by atoms with van der Waals surface area (Å²) < 4.78 is 26.9. The molecule has 0 radical (unpaired) electrons. The number of hydrogen-bond donors (Lipinski definition) is 1. The average Bonchev–Trinajstić information content (AvgIpc) is 2.93. The third kappa shape index (κ3) is 2.71. The third-order valence-corrected chi connectivity index (χ3v) is 5.83. The second-order valence-corrected chi connectivity index (χ2v) is 6.81. The van der Waals surface area contributed by atoms with Crippen LogP contribution in [0.3, 0.4) is 0 Å². The van der Waals surface area contributed by atoms with E-state index in [4.69, 9.17) is 5.11 Å². The summed E-state index contributed by atoms with van der Waals surface area (Å²) in [7, 11) is -3.76. The van der Waals surface area contributed by atoms with Crippen molar-refractivity contribution in [3.8, 4) is 0 Å². The predicted molar refractivity (Wildman–Crippen MR) is 75.2 cm³/mol. The van der Waals surface area contributed by atoms with Gasteiger partial charge in [-0.15, -0.1) is 0 Å². The van der Waals surface area contributed by atoms with Gasteiger partial charge in [0, 0.05) is 12.6 Å². The third-order valence-electron chi connectivity index (χ3n) is 3.75. The topological polar surface area (TPSA) is 74.7 Å². The summed E-state index contributed by atoms with van der Waals surface area (Å²) >= 11 is 0. The Labute approximate surface area is 119 Å². The minimum absolute atomic E-state index is 0.00755. The van der Waals surface area contributed by atoms with Gasteiger partial charge in [-0.25, -0.2) is 13.2 Å².